The maximum absolute atomic E-state index is 11.6. The average Bonchev–Trinajstić information content (AvgIpc) is 2.38. The minimum atomic E-state index is -0.310. The van der Waals surface area contributed by atoms with Gasteiger partial charge in [0.15, 0.2) is 0 Å². The summed E-state index contributed by atoms with van der Waals surface area (Å²) < 4.78 is 4.94. The summed E-state index contributed by atoms with van der Waals surface area (Å²) >= 11 is 5.88. The number of hydrogen-bond donors (Lipinski definition) is 0. The molecule has 0 aliphatic rings. The second-order valence-electron chi connectivity index (χ2n) is 3.81. The molecule has 0 bridgehead atoms. The van der Waals surface area contributed by atoms with Crippen molar-refractivity contribution in [1.82, 2.24) is 0 Å². The van der Waals surface area contributed by atoms with E-state index in [9.17, 15) is 4.79 Å². The predicted octanol–water partition coefficient (Wildman–Crippen LogP) is 2.97. The van der Waals surface area contributed by atoms with E-state index < -0.39 is 0 Å². The smallest absolute Gasteiger partial charge is 0.310 e. The van der Waals surface area contributed by atoms with Crippen LogP contribution in [-0.2, 0) is 28.3 Å². The van der Waals surface area contributed by atoms with Gasteiger partial charge in [0.05, 0.1) is 24.7 Å². The minimum Gasteiger partial charge on any atom is -0.466 e. The molecule has 1 rings (SSSR count). The number of carbonyl (C=O) groups excluding carboxylic acids is 1. The summed E-state index contributed by atoms with van der Waals surface area (Å²) in [7, 11) is 0. The van der Waals surface area contributed by atoms with Gasteiger partial charge in [0, 0.05) is 5.88 Å². The van der Waals surface area contributed by atoms with Crippen molar-refractivity contribution in [2.75, 3.05) is 6.61 Å². The van der Waals surface area contributed by atoms with Gasteiger partial charge in [-0.25, -0.2) is 0 Å². The first-order valence-corrected chi connectivity index (χ1v) is 6.46. The van der Waals surface area contributed by atoms with Crippen molar-refractivity contribution < 1.29 is 9.53 Å². The molecule has 0 atom stereocenters. The summed E-state index contributed by atoms with van der Waals surface area (Å²) in [6, 6.07) is 5.68. The molecule has 0 spiro atoms. The van der Waals surface area contributed by atoms with Crippen LogP contribution in [-0.4, -0.2) is 12.6 Å². The zero-order valence-corrected chi connectivity index (χ0v) is 11.4. The minimum absolute atomic E-state index is 0.130. The van der Waals surface area contributed by atoms with Crippen LogP contribution in [0.4, 0.5) is 0 Å². The molecule has 0 radical (unpaired) electrons. The van der Waals surface area contributed by atoms with Crippen LogP contribution in [0.2, 0.25) is 0 Å². The van der Waals surface area contributed by atoms with Crippen molar-refractivity contribution in [3.63, 3.8) is 0 Å². The molecule has 0 fully saturated rings. The molecule has 0 amide bonds. The molecule has 0 heterocycles. The van der Waals surface area contributed by atoms with Crippen LogP contribution in [0.15, 0.2) is 12.1 Å². The highest BCUT2D eigenvalue weighted by molar-refractivity contribution is 6.17. The zero-order chi connectivity index (χ0) is 13.5. The van der Waals surface area contributed by atoms with E-state index in [4.69, 9.17) is 21.6 Å². The van der Waals surface area contributed by atoms with Gasteiger partial charge in [0.2, 0.25) is 0 Å². The van der Waals surface area contributed by atoms with Crippen molar-refractivity contribution in [3.8, 4) is 6.07 Å². The Kier molecular flexibility index (Phi) is 5.67. The fourth-order valence-corrected chi connectivity index (χ4v) is 2.22. The second-order valence-corrected chi connectivity index (χ2v) is 4.08. The number of hydrogen-bond acceptors (Lipinski definition) is 3. The van der Waals surface area contributed by atoms with E-state index in [2.05, 4.69) is 6.07 Å². The number of nitriles is 1. The lowest BCUT2D eigenvalue weighted by Crippen LogP contribution is -2.12. The fraction of sp³-hybridized carbons (Fsp3) is 0.429. The lowest BCUT2D eigenvalue weighted by Gasteiger charge is -2.13. The van der Waals surface area contributed by atoms with Crippen LogP contribution in [0, 0.1) is 11.3 Å². The fourth-order valence-electron chi connectivity index (χ4n) is 1.97. The second kappa shape index (κ2) is 7.03. The molecule has 1 aromatic rings. The van der Waals surface area contributed by atoms with E-state index in [1.54, 1.807) is 13.0 Å². The molecule has 0 aliphatic carbocycles. The van der Waals surface area contributed by atoms with Crippen molar-refractivity contribution in [2.24, 2.45) is 0 Å². The summed E-state index contributed by atoms with van der Waals surface area (Å²) in [6.07, 6.45) is 0.872. The van der Waals surface area contributed by atoms with Crippen molar-refractivity contribution >= 4 is 17.6 Å². The SMILES string of the molecule is CCOC(=O)Cc1c(C#N)ccc(CCl)c1CC. The van der Waals surface area contributed by atoms with Gasteiger partial charge in [-0.05, 0) is 36.1 Å². The molecule has 0 saturated heterocycles. The van der Waals surface area contributed by atoms with E-state index in [-0.39, 0.29) is 12.4 Å². The van der Waals surface area contributed by atoms with Crippen molar-refractivity contribution in [2.45, 2.75) is 32.6 Å². The number of esters is 1. The maximum atomic E-state index is 11.6. The van der Waals surface area contributed by atoms with Crippen LogP contribution in [0.1, 0.15) is 36.1 Å². The van der Waals surface area contributed by atoms with Gasteiger partial charge in [-0.15, -0.1) is 11.6 Å². The van der Waals surface area contributed by atoms with E-state index in [1.165, 1.54) is 0 Å². The zero-order valence-electron chi connectivity index (χ0n) is 10.6. The first-order valence-electron chi connectivity index (χ1n) is 5.93. The van der Waals surface area contributed by atoms with Crippen LogP contribution in [0.25, 0.3) is 0 Å². The molecule has 3 nitrogen and oxygen atoms in total. The van der Waals surface area contributed by atoms with Gasteiger partial charge in [0.25, 0.3) is 0 Å². The summed E-state index contributed by atoms with van der Waals surface area (Å²) in [4.78, 5) is 11.6. The standard InChI is InChI=1S/C14H16ClNO2/c1-3-12-10(8-15)5-6-11(9-16)13(12)7-14(17)18-4-2/h5-6H,3-4,7-8H2,1-2H3. The third kappa shape index (κ3) is 3.24. The molecule has 0 saturated carbocycles. The Hall–Kier alpha value is -1.53. The lowest BCUT2D eigenvalue weighted by atomic mass is 9.93. The van der Waals surface area contributed by atoms with Gasteiger partial charge in [0.1, 0.15) is 0 Å². The van der Waals surface area contributed by atoms with Gasteiger partial charge >= 0.3 is 5.97 Å². The first kappa shape index (κ1) is 14.5. The van der Waals surface area contributed by atoms with E-state index in [1.807, 2.05) is 13.0 Å². The average molecular weight is 266 g/mol. The molecular formula is C14H16ClNO2. The number of alkyl halides is 1. The van der Waals surface area contributed by atoms with Crippen LogP contribution < -0.4 is 0 Å². The molecule has 0 aliphatic heterocycles. The van der Waals surface area contributed by atoms with E-state index >= 15 is 0 Å². The summed E-state index contributed by atoms with van der Waals surface area (Å²) in [6.45, 7) is 4.09. The van der Waals surface area contributed by atoms with Crippen LogP contribution in [0.3, 0.4) is 0 Å². The number of ether oxygens (including phenoxy) is 1. The monoisotopic (exact) mass is 265 g/mol. The number of rotatable bonds is 5. The predicted molar refractivity (Wildman–Crippen MR) is 70.4 cm³/mol. The highest BCUT2D eigenvalue weighted by atomic mass is 35.5. The number of benzene rings is 1. The molecular weight excluding hydrogens is 250 g/mol. The molecule has 1 aromatic carbocycles. The van der Waals surface area contributed by atoms with E-state index in [0.29, 0.717) is 18.1 Å². The molecule has 0 unspecified atom stereocenters. The number of halogens is 1. The first-order chi connectivity index (χ1) is 8.67. The van der Waals surface area contributed by atoms with Crippen LogP contribution >= 0.6 is 11.6 Å². The third-order valence-corrected chi connectivity index (χ3v) is 3.06. The van der Waals surface area contributed by atoms with Gasteiger partial charge in [-0.3, -0.25) is 4.79 Å². The highest BCUT2D eigenvalue weighted by Crippen LogP contribution is 2.22. The maximum Gasteiger partial charge on any atom is 0.310 e. The highest BCUT2D eigenvalue weighted by Gasteiger charge is 2.15. The third-order valence-electron chi connectivity index (χ3n) is 2.77. The molecule has 0 N–H and O–H groups in total. The van der Waals surface area contributed by atoms with Gasteiger partial charge < -0.3 is 4.74 Å². The van der Waals surface area contributed by atoms with Crippen molar-refractivity contribution in [3.05, 3.63) is 34.4 Å². The van der Waals surface area contributed by atoms with Gasteiger partial charge in [-0.2, -0.15) is 5.26 Å². The van der Waals surface area contributed by atoms with E-state index in [0.717, 1.165) is 23.1 Å². The van der Waals surface area contributed by atoms with Gasteiger partial charge in [-0.1, -0.05) is 13.0 Å². The summed E-state index contributed by atoms with van der Waals surface area (Å²) in [5.74, 6) is 0.0699. The quantitative estimate of drug-likeness (QED) is 0.607. The summed E-state index contributed by atoms with van der Waals surface area (Å²) in [5, 5.41) is 9.11. The topological polar surface area (TPSA) is 50.1 Å². The Labute approximate surface area is 112 Å². The Morgan fingerprint density at radius 3 is 2.61 bits per heavy atom. The van der Waals surface area contributed by atoms with Crippen molar-refractivity contribution in [1.29, 1.82) is 5.26 Å². The Balaban J connectivity index is 3.20. The molecule has 18 heavy (non-hydrogen) atoms. The Bertz CT molecular complexity index is 477. The normalized spacial score (nSPS) is 9.89. The molecule has 4 heteroatoms. The Morgan fingerprint density at radius 1 is 1.39 bits per heavy atom. The Morgan fingerprint density at radius 2 is 2.11 bits per heavy atom. The lowest BCUT2D eigenvalue weighted by molar-refractivity contribution is -0.142. The number of carbonyl (C=O) groups is 1. The largest absolute Gasteiger partial charge is 0.466 e. The van der Waals surface area contributed by atoms with Crippen LogP contribution in [0.5, 0.6) is 0 Å². The molecule has 96 valence electrons. The summed E-state index contributed by atoms with van der Waals surface area (Å²) in [5.41, 5.74) is 3.22. The molecule has 0 aromatic heterocycles. The number of nitrogens with zero attached hydrogens (tertiary/aromatic N) is 1.